The number of ether oxygens (including phenoxy) is 1. The Kier molecular flexibility index (Phi) is 4.50. The molecule has 1 saturated heterocycles. The summed E-state index contributed by atoms with van der Waals surface area (Å²) in [6.07, 6.45) is 0.652. The first-order valence-electron chi connectivity index (χ1n) is 5.36. The molecule has 1 aliphatic rings. The van der Waals surface area contributed by atoms with Gasteiger partial charge in [-0.15, -0.1) is 0 Å². The third-order valence-corrected chi connectivity index (χ3v) is 3.14. The van der Waals surface area contributed by atoms with Crippen LogP contribution in [0.1, 0.15) is 13.3 Å². The van der Waals surface area contributed by atoms with Gasteiger partial charge in [-0.1, -0.05) is 0 Å². The normalized spacial score (nSPS) is 22.3. The molecule has 3 N–H and O–H groups in total. The molecule has 0 bridgehead atoms. The predicted molar refractivity (Wildman–Crippen MR) is 58.5 cm³/mol. The van der Waals surface area contributed by atoms with Crippen molar-refractivity contribution in [3.8, 4) is 0 Å². The van der Waals surface area contributed by atoms with Crippen molar-refractivity contribution in [1.29, 1.82) is 0 Å². The maximum absolute atomic E-state index is 11.5. The second-order valence-electron chi connectivity index (χ2n) is 4.12. The molecule has 15 heavy (non-hydrogen) atoms. The molecule has 0 saturated carbocycles. The molecule has 0 spiro atoms. The first-order chi connectivity index (χ1) is 7.11. The van der Waals surface area contributed by atoms with E-state index in [1.54, 1.807) is 7.11 Å². The molecule has 1 heterocycles. The Morgan fingerprint density at radius 1 is 1.53 bits per heavy atom. The highest BCUT2D eigenvalue weighted by atomic mass is 16.5. The first kappa shape index (κ1) is 12.4. The fourth-order valence-electron chi connectivity index (χ4n) is 1.90. The number of carbonyl (C=O) groups is 1. The average Bonchev–Trinajstić information content (AvgIpc) is 2.27. The summed E-state index contributed by atoms with van der Waals surface area (Å²) in [4.78, 5) is 13.7. The molecule has 1 unspecified atom stereocenters. The Morgan fingerprint density at radius 2 is 2.13 bits per heavy atom. The third kappa shape index (κ3) is 2.90. The van der Waals surface area contributed by atoms with E-state index in [1.165, 1.54) is 0 Å². The topological polar surface area (TPSA) is 67.6 Å². The van der Waals surface area contributed by atoms with Gasteiger partial charge in [0.2, 0.25) is 5.91 Å². The number of piperazine rings is 1. The Morgan fingerprint density at radius 3 is 2.60 bits per heavy atom. The van der Waals surface area contributed by atoms with Crippen LogP contribution < -0.4 is 11.1 Å². The van der Waals surface area contributed by atoms with Gasteiger partial charge >= 0.3 is 0 Å². The lowest BCUT2D eigenvalue weighted by atomic mass is 9.94. The summed E-state index contributed by atoms with van der Waals surface area (Å²) in [5.74, 6) is -0.263. The fourth-order valence-corrected chi connectivity index (χ4v) is 1.90. The number of nitrogens with one attached hydrogen (secondary N) is 1. The highest BCUT2D eigenvalue weighted by molar-refractivity contribution is 5.84. The molecular formula is C10H21N3O2. The summed E-state index contributed by atoms with van der Waals surface area (Å²) in [5.41, 5.74) is 4.91. The van der Waals surface area contributed by atoms with Gasteiger partial charge in [-0.05, 0) is 13.3 Å². The lowest BCUT2D eigenvalue weighted by molar-refractivity contribution is -0.131. The molecule has 1 fully saturated rings. The zero-order chi connectivity index (χ0) is 11.3. The molecule has 0 aromatic heterocycles. The molecule has 0 aliphatic carbocycles. The molecule has 1 aliphatic heterocycles. The van der Waals surface area contributed by atoms with Crippen molar-refractivity contribution in [2.75, 3.05) is 39.9 Å². The minimum Gasteiger partial charge on any atom is -0.385 e. The van der Waals surface area contributed by atoms with E-state index < -0.39 is 5.54 Å². The Bertz CT molecular complexity index is 217. The van der Waals surface area contributed by atoms with Crippen molar-refractivity contribution in [2.45, 2.75) is 18.9 Å². The van der Waals surface area contributed by atoms with Crippen LogP contribution in [0.4, 0.5) is 0 Å². The molecule has 1 atom stereocenters. The SMILES string of the molecule is COCCC(C)(C(N)=O)N1CCNCC1. The van der Waals surface area contributed by atoms with Crippen molar-refractivity contribution in [2.24, 2.45) is 5.73 Å². The summed E-state index contributed by atoms with van der Waals surface area (Å²) >= 11 is 0. The number of hydrogen-bond acceptors (Lipinski definition) is 4. The van der Waals surface area contributed by atoms with Crippen molar-refractivity contribution < 1.29 is 9.53 Å². The Balaban J connectivity index is 2.65. The Hall–Kier alpha value is -0.650. The van der Waals surface area contributed by atoms with Crippen LogP contribution in [0.5, 0.6) is 0 Å². The minimum absolute atomic E-state index is 0.263. The van der Waals surface area contributed by atoms with Gasteiger partial charge in [-0.25, -0.2) is 0 Å². The first-order valence-corrected chi connectivity index (χ1v) is 5.36. The van der Waals surface area contributed by atoms with Gasteiger partial charge in [-0.3, -0.25) is 9.69 Å². The molecular weight excluding hydrogens is 194 g/mol. The maximum Gasteiger partial charge on any atom is 0.237 e. The van der Waals surface area contributed by atoms with E-state index in [2.05, 4.69) is 10.2 Å². The number of nitrogens with two attached hydrogens (primary N) is 1. The van der Waals surface area contributed by atoms with E-state index in [0.29, 0.717) is 13.0 Å². The second kappa shape index (κ2) is 5.44. The lowest BCUT2D eigenvalue weighted by Gasteiger charge is -2.41. The van der Waals surface area contributed by atoms with Crippen molar-refractivity contribution in [1.82, 2.24) is 10.2 Å². The largest absolute Gasteiger partial charge is 0.385 e. The third-order valence-electron chi connectivity index (χ3n) is 3.14. The van der Waals surface area contributed by atoms with Gasteiger partial charge in [-0.2, -0.15) is 0 Å². The quantitative estimate of drug-likeness (QED) is 0.628. The second-order valence-corrected chi connectivity index (χ2v) is 4.12. The number of rotatable bonds is 5. The molecule has 5 heteroatoms. The molecule has 0 radical (unpaired) electrons. The summed E-state index contributed by atoms with van der Waals surface area (Å²) in [7, 11) is 1.64. The summed E-state index contributed by atoms with van der Waals surface area (Å²) < 4.78 is 5.03. The highest BCUT2D eigenvalue weighted by Gasteiger charge is 2.37. The summed E-state index contributed by atoms with van der Waals surface area (Å²) in [6, 6.07) is 0. The molecule has 0 aromatic carbocycles. The molecule has 1 rings (SSSR count). The summed E-state index contributed by atoms with van der Waals surface area (Å²) in [6.45, 7) is 6.01. The van der Waals surface area contributed by atoms with Crippen LogP contribution in [-0.2, 0) is 9.53 Å². The van der Waals surface area contributed by atoms with Crippen LogP contribution in [-0.4, -0.2) is 56.2 Å². The van der Waals surface area contributed by atoms with Gasteiger partial charge in [0, 0.05) is 39.9 Å². The number of primary amides is 1. The minimum atomic E-state index is -0.571. The number of amides is 1. The predicted octanol–water partition coefficient (Wildman–Crippen LogP) is -0.828. The smallest absolute Gasteiger partial charge is 0.237 e. The van der Waals surface area contributed by atoms with E-state index in [9.17, 15) is 4.79 Å². The fraction of sp³-hybridized carbons (Fsp3) is 0.900. The van der Waals surface area contributed by atoms with Crippen LogP contribution in [0.25, 0.3) is 0 Å². The molecule has 88 valence electrons. The van der Waals surface area contributed by atoms with Gasteiger partial charge in [0.25, 0.3) is 0 Å². The number of methoxy groups -OCH3 is 1. The molecule has 1 amide bonds. The van der Waals surface area contributed by atoms with E-state index in [0.717, 1.165) is 26.2 Å². The van der Waals surface area contributed by atoms with Gasteiger partial charge < -0.3 is 15.8 Å². The van der Waals surface area contributed by atoms with Crippen LogP contribution >= 0.6 is 0 Å². The molecule has 0 aromatic rings. The van der Waals surface area contributed by atoms with E-state index in [4.69, 9.17) is 10.5 Å². The van der Waals surface area contributed by atoms with Crippen molar-refractivity contribution in [3.63, 3.8) is 0 Å². The average molecular weight is 215 g/mol. The van der Waals surface area contributed by atoms with Gasteiger partial charge in [0.05, 0.1) is 5.54 Å². The standard InChI is InChI=1S/C10H21N3O2/c1-10(9(11)14,3-8-15-2)13-6-4-12-5-7-13/h12H,3-8H2,1-2H3,(H2,11,14). The van der Waals surface area contributed by atoms with E-state index >= 15 is 0 Å². The van der Waals surface area contributed by atoms with Crippen LogP contribution in [0.3, 0.4) is 0 Å². The summed E-state index contributed by atoms with van der Waals surface area (Å²) in [5, 5.41) is 3.26. The van der Waals surface area contributed by atoms with Crippen molar-refractivity contribution >= 4 is 5.91 Å². The number of nitrogens with zero attached hydrogens (tertiary/aromatic N) is 1. The number of carbonyl (C=O) groups excluding carboxylic acids is 1. The van der Waals surface area contributed by atoms with E-state index in [1.807, 2.05) is 6.92 Å². The van der Waals surface area contributed by atoms with Crippen LogP contribution in [0, 0.1) is 0 Å². The monoisotopic (exact) mass is 215 g/mol. The Labute approximate surface area is 90.9 Å². The number of hydrogen-bond donors (Lipinski definition) is 2. The maximum atomic E-state index is 11.5. The zero-order valence-electron chi connectivity index (χ0n) is 9.58. The van der Waals surface area contributed by atoms with Crippen LogP contribution in [0.2, 0.25) is 0 Å². The highest BCUT2D eigenvalue weighted by Crippen LogP contribution is 2.19. The lowest BCUT2D eigenvalue weighted by Crippen LogP contribution is -2.61. The zero-order valence-corrected chi connectivity index (χ0v) is 9.58. The van der Waals surface area contributed by atoms with E-state index in [-0.39, 0.29) is 5.91 Å². The van der Waals surface area contributed by atoms with Gasteiger partial charge in [0.1, 0.15) is 0 Å². The molecule has 5 nitrogen and oxygen atoms in total. The van der Waals surface area contributed by atoms with Gasteiger partial charge in [0.15, 0.2) is 0 Å². The van der Waals surface area contributed by atoms with Crippen molar-refractivity contribution in [3.05, 3.63) is 0 Å². The van der Waals surface area contributed by atoms with Crippen LogP contribution in [0.15, 0.2) is 0 Å².